The molecule has 0 spiro atoms. The molecule has 0 saturated heterocycles. The molecule has 1 saturated carbocycles. The lowest BCUT2D eigenvalue weighted by Crippen LogP contribution is -2.48. The van der Waals surface area contributed by atoms with Crippen molar-refractivity contribution < 1.29 is 14.4 Å². The van der Waals surface area contributed by atoms with Crippen molar-refractivity contribution in [3.63, 3.8) is 0 Å². The van der Waals surface area contributed by atoms with Crippen molar-refractivity contribution in [2.75, 3.05) is 26.9 Å². The third-order valence-corrected chi connectivity index (χ3v) is 3.66. The van der Waals surface area contributed by atoms with Gasteiger partial charge in [-0.15, -0.1) is 0 Å². The molecule has 1 aliphatic carbocycles. The zero-order valence-corrected chi connectivity index (χ0v) is 10.8. The Morgan fingerprint density at radius 1 is 1.41 bits per heavy atom. The lowest BCUT2D eigenvalue weighted by molar-refractivity contribution is -0.147. The first-order valence-electron chi connectivity index (χ1n) is 6.26. The summed E-state index contributed by atoms with van der Waals surface area (Å²) in [5.41, 5.74) is 7.84. The first-order valence-corrected chi connectivity index (χ1v) is 6.26. The predicted octanol–water partition coefficient (Wildman–Crippen LogP) is 0.836. The fourth-order valence-electron chi connectivity index (χ4n) is 2.19. The quantitative estimate of drug-likeness (QED) is 0.536. The summed E-state index contributed by atoms with van der Waals surface area (Å²) in [5.74, 6) is 0.611. The fourth-order valence-corrected chi connectivity index (χ4v) is 2.19. The minimum atomic E-state index is -0.431. The highest BCUT2D eigenvalue weighted by Gasteiger charge is 2.39. The fraction of sp³-hybridized carbons (Fsp3) is 0.917. The van der Waals surface area contributed by atoms with Crippen LogP contribution in [0.3, 0.4) is 0 Å². The molecule has 5 heteroatoms. The molecule has 0 radical (unpaired) electrons. The van der Waals surface area contributed by atoms with Crippen LogP contribution in [0.5, 0.6) is 0 Å². The highest BCUT2D eigenvalue weighted by molar-refractivity contribution is 5.82. The molecule has 0 heterocycles. The van der Waals surface area contributed by atoms with E-state index >= 15 is 0 Å². The van der Waals surface area contributed by atoms with Crippen LogP contribution in [0.4, 0.5) is 0 Å². The second-order valence-corrected chi connectivity index (χ2v) is 4.94. The lowest BCUT2D eigenvalue weighted by Gasteiger charge is -2.36. The highest BCUT2D eigenvalue weighted by atomic mass is 16.7. The average Bonchev–Trinajstić information content (AvgIpc) is 2.36. The standard InChI is InChI=1S/C12H24N2O3/c1-10-3-5-12(9-13,6-4-10)11(15)14-17-8-7-16-2/h10H,3-9,13H2,1-2H3,(H,14,15). The van der Waals surface area contributed by atoms with Gasteiger partial charge in [0, 0.05) is 13.7 Å². The van der Waals surface area contributed by atoms with Gasteiger partial charge in [-0.05, 0) is 31.6 Å². The Hall–Kier alpha value is -0.650. The van der Waals surface area contributed by atoms with Gasteiger partial charge in [-0.3, -0.25) is 9.63 Å². The summed E-state index contributed by atoms with van der Waals surface area (Å²) in [6.07, 6.45) is 3.82. The number of ether oxygens (including phenoxy) is 1. The Kier molecular flexibility index (Phi) is 5.88. The number of hydrogen-bond acceptors (Lipinski definition) is 4. The van der Waals surface area contributed by atoms with Crippen LogP contribution in [0.1, 0.15) is 32.6 Å². The molecule has 100 valence electrons. The van der Waals surface area contributed by atoms with E-state index in [9.17, 15) is 4.79 Å². The predicted molar refractivity (Wildman–Crippen MR) is 65.1 cm³/mol. The van der Waals surface area contributed by atoms with Gasteiger partial charge in [-0.2, -0.15) is 0 Å². The van der Waals surface area contributed by atoms with E-state index < -0.39 is 5.41 Å². The van der Waals surface area contributed by atoms with E-state index in [2.05, 4.69) is 12.4 Å². The third-order valence-electron chi connectivity index (χ3n) is 3.66. The number of amides is 1. The molecule has 1 aliphatic rings. The number of rotatable bonds is 6. The minimum absolute atomic E-state index is 0.0806. The molecule has 0 bridgehead atoms. The van der Waals surface area contributed by atoms with E-state index in [0.717, 1.165) is 25.7 Å². The molecule has 0 aliphatic heterocycles. The van der Waals surface area contributed by atoms with E-state index in [4.69, 9.17) is 15.3 Å². The van der Waals surface area contributed by atoms with Crippen molar-refractivity contribution in [1.29, 1.82) is 0 Å². The SMILES string of the molecule is COCCONC(=O)C1(CN)CCC(C)CC1. The van der Waals surface area contributed by atoms with E-state index in [0.29, 0.717) is 25.7 Å². The summed E-state index contributed by atoms with van der Waals surface area (Å²) in [7, 11) is 1.59. The van der Waals surface area contributed by atoms with Gasteiger partial charge in [0.25, 0.3) is 5.91 Å². The van der Waals surface area contributed by atoms with E-state index in [1.807, 2.05) is 0 Å². The van der Waals surface area contributed by atoms with Crippen LogP contribution >= 0.6 is 0 Å². The normalized spacial score (nSPS) is 29.0. The molecule has 1 rings (SSSR count). The molecule has 0 unspecified atom stereocenters. The van der Waals surface area contributed by atoms with Gasteiger partial charge in [0.1, 0.15) is 0 Å². The molecular formula is C12H24N2O3. The van der Waals surface area contributed by atoms with Gasteiger partial charge >= 0.3 is 0 Å². The Bertz CT molecular complexity index is 238. The maximum atomic E-state index is 12.1. The monoisotopic (exact) mass is 244 g/mol. The van der Waals surface area contributed by atoms with Crippen LogP contribution in [-0.4, -0.2) is 32.8 Å². The Labute approximate surface area is 103 Å². The van der Waals surface area contributed by atoms with Crippen molar-refractivity contribution in [2.45, 2.75) is 32.6 Å². The van der Waals surface area contributed by atoms with Crippen LogP contribution < -0.4 is 11.2 Å². The number of methoxy groups -OCH3 is 1. The van der Waals surface area contributed by atoms with Crippen molar-refractivity contribution in [1.82, 2.24) is 5.48 Å². The van der Waals surface area contributed by atoms with Crippen molar-refractivity contribution in [2.24, 2.45) is 17.1 Å². The second-order valence-electron chi connectivity index (χ2n) is 4.94. The molecule has 1 amide bonds. The summed E-state index contributed by atoms with van der Waals surface area (Å²) in [6, 6.07) is 0. The first kappa shape index (κ1) is 14.4. The maximum Gasteiger partial charge on any atom is 0.251 e. The van der Waals surface area contributed by atoms with Crippen molar-refractivity contribution in [3.8, 4) is 0 Å². The molecule has 0 aromatic heterocycles. The number of nitrogens with two attached hydrogens (primary N) is 1. The summed E-state index contributed by atoms with van der Waals surface area (Å²) in [4.78, 5) is 17.1. The average molecular weight is 244 g/mol. The van der Waals surface area contributed by atoms with Crippen LogP contribution in [0, 0.1) is 11.3 Å². The number of hydrogen-bond donors (Lipinski definition) is 2. The molecule has 0 aromatic rings. The summed E-state index contributed by atoms with van der Waals surface area (Å²) < 4.78 is 4.83. The molecule has 1 fully saturated rings. The molecule has 0 atom stereocenters. The van der Waals surface area contributed by atoms with Crippen LogP contribution in [-0.2, 0) is 14.4 Å². The van der Waals surface area contributed by atoms with Gasteiger partial charge in [0.15, 0.2) is 0 Å². The van der Waals surface area contributed by atoms with Gasteiger partial charge in [0.2, 0.25) is 0 Å². The van der Waals surface area contributed by atoms with Crippen LogP contribution in [0.25, 0.3) is 0 Å². The maximum absolute atomic E-state index is 12.1. The van der Waals surface area contributed by atoms with Gasteiger partial charge in [-0.1, -0.05) is 6.92 Å². The van der Waals surface area contributed by atoms with E-state index in [-0.39, 0.29) is 5.91 Å². The van der Waals surface area contributed by atoms with Crippen LogP contribution in [0.15, 0.2) is 0 Å². The van der Waals surface area contributed by atoms with Gasteiger partial charge in [0.05, 0.1) is 18.6 Å². The number of nitrogens with one attached hydrogen (secondary N) is 1. The van der Waals surface area contributed by atoms with Gasteiger partial charge in [-0.25, -0.2) is 5.48 Å². The minimum Gasteiger partial charge on any atom is -0.382 e. The largest absolute Gasteiger partial charge is 0.382 e. The molecule has 3 N–H and O–H groups in total. The smallest absolute Gasteiger partial charge is 0.251 e. The number of hydroxylamine groups is 1. The number of carbonyl (C=O) groups is 1. The van der Waals surface area contributed by atoms with Crippen molar-refractivity contribution >= 4 is 5.91 Å². The topological polar surface area (TPSA) is 73.6 Å². The number of carbonyl (C=O) groups excluding carboxylic acids is 1. The molecular weight excluding hydrogens is 220 g/mol. The molecule has 0 aromatic carbocycles. The Morgan fingerprint density at radius 2 is 2.06 bits per heavy atom. The van der Waals surface area contributed by atoms with Crippen molar-refractivity contribution in [3.05, 3.63) is 0 Å². The zero-order chi connectivity index (χ0) is 12.7. The first-order chi connectivity index (χ1) is 8.14. The second kappa shape index (κ2) is 6.93. The van der Waals surface area contributed by atoms with Gasteiger partial charge < -0.3 is 10.5 Å². The lowest BCUT2D eigenvalue weighted by atomic mass is 9.70. The zero-order valence-electron chi connectivity index (χ0n) is 10.8. The summed E-state index contributed by atoms with van der Waals surface area (Å²) in [6.45, 7) is 3.43. The van der Waals surface area contributed by atoms with E-state index in [1.165, 1.54) is 0 Å². The van der Waals surface area contributed by atoms with E-state index in [1.54, 1.807) is 7.11 Å². The Balaban J connectivity index is 2.40. The summed E-state index contributed by atoms with van der Waals surface area (Å²) in [5, 5.41) is 0. The van der Waals surface area contributed by atoms with Crippen LogP contribution in [0.2, 0.25) is 0 Å². The Morgan fingerprint density at radius 3 is 2.59 bits per heavy atom. The third kappa shape index (κ3) is 3.94. The molecule has 17 heavy (non-hydrogen) atoms. The summed E-state index contributed by atoms with van der Waals surface area (Å²) >= 11 is 0. The highest BCUT2D eigenvalue weighted by Crippen LogP contribution is 2.38. The molecule has 5 nitrogen and oxygen atoms in total.